The molecule has 14 heavy (non-hydrogen) atoms. The molecule has 0 aliphatic heterocycles. The fourth-order valence-electron chi connectivity index (χ4n) is 1.90. The molecule has 0 aromatic heterocycles. The molecular weight excluding hydrogens is 170 g/mol. The molecule has 1 atom stereocenters. The molecule has 0 spiro atoms. The lowest BCUT2D eigenvalue weighted by Gasteiger charge is -2.27. The number of rotatable bonds is 4. The third-order valence-electron chi connectivity index (χ3n) is 2.56. The van der Waals surface area contributed by atoms with Crippen molar-refractivity contribution in [3.05, 3.63) is 23.8 Å². The van der Waals surface area contributed by atoms with E-state index >= 15 is 0 Å². The summed E-state index contributed by atoms with van der Waals surface area (Å²) in [6.07, 6.45) is 9.35. The molecule has 0 bridgehead atoms. The fourth-order valence-corrected chi connectivity index (χ4v) is 1.90. The van der Waals surface area contributed by atoms with Crippen LogP contribution in [0.3, 0.4) is 0 Å². The quantitative estimate of drug-likeness (QED) is 0.722. The maximum atomic E-state index is 3.63. The third kappa shape index (κ3) is 3.30. The molecule has 0 aromatic carbocycles. The standard InChI is InChI=1S/C13H23N/c1-10(2)13(14-11(3)4)12-8-6-5-7-9-12/h6,8-11,13-14H,5,7H2,1-4H3. The summed E-state index contributed by atoms with van der Waals surface area (Å²) in [4.78, 5) is 0. The van der Waals surface area contributed by atoms with Crippen molar-refractivity contribution in [1.82, 2.24) is 5.32 Å². The Kier molecular flexibility index (Phi) is 4.40. The van der Waals surface area contributed by atoms with Crippen molar-refractivity contribution in [3.8, 4) is 0 Å². The Bertz CT molecular complexity index is 223. The second-order valence-corrected chi connectivity index (χ2v) is 4.73. The van der Waals surface area contributed by atoms with Crippen LogP contribution >= 0.6 is 0 Å². The Morgan fingerprint density at radius 3 is 2.29 bits per heavy atom. The number of nitrogens with one attached hydrogen (secondary N) is 1. The molecule has 0 aromatic rings. The summed E-state index contributed by atoms with van der Waals surface area (Å²) in [6.45, 7) is 8.98. The summed E-state index contributed by atoms with van der Waals surface area (Å²) in [5, 5.41) is 3.63. The van der Waals surface area contributed by atoms with E-state index in [2.05, 4.69) is 51.2 Å². The van der Waals surface area contributed by atoms with Crippen molar-refractivity contribution >= 4 is 0 Å². The zero-order valence-electron chi connectivity index (χ0n) is 9.88. The van der Waals surface area contributed by atoms with Crippen LogP contribution in [0.4, 0.5) is 0 Å². The monoisotopic (exact) mass is 193 g/mol. The topological polar surface area (TPSA) is 12.0 Å². The van der Waals surface area contributed by atoms with Gasteiger partial charge >= 0.3 is 0 Å². The van der Waals surface area contributed by atoms with Crippen LogP contribution < -0.4 is 5.32 Å². The van der Waals surface area contributed by atoms with Crippen LogP contribution in [0.5, 0.6) is 0 Å². The molecule has 0 saturated heterocycles. The molecule has 0 saturated carbocycles. The van der Waals surface area contributed by atoms with Crippen LogP contribution in [-0.4, -0.2) is 12.1 Å². The van der Waals surface area contributed by atoms with Gasteiger partial charge in [0.2, 0.25) is 0 Å². The van der Waals surface area contributed by atoms with Gasteiger partial charge in [-0.2, -0.15) is 0 Å². The first-order valence-electron chi connectivity index (χ1n) is 5.74. The molecular formula is C13H23N. The highest BCUT2D eigenvalue weighted by Crippen LogP contribution is 2.19. The van der Waals surface area contributed by atoms with Crippen molar-refractivity contribution in [2.45, 2.75) is 52.6 Å². The molecule has 0 amide bonds. The molecule has 1 rings (SSSR count). The lowest BCUT2D eigenvalue weighted by molar-refractivity contribution is 0.416. The summed E-state index contributed by atoms with van der Waals surface area (Å²) in [6, 6.07) is 1.07. The molecule has 1 heteroatoms. The van der Waals surface area contributed by atoms with Crippen molar-refractivity contribution in [2.24, 2.45) is 5.92 Å². The molecule has 1 unspecified atom stereocenters. The van der Waals surface area contributed by atoms with Crippen molar-refractivity contribution in [3.63, 3.8) is 0 Å². The lowest BCUT2D eigenvalue weighted by Crippen LogP contribution is -2.39. The molecule has 1 aliphatic carbocycles. The Morgan fingerprint density at radius 1 is 1.14 bits per heavy atom. The largest absolute Gasteiger partial charge is 0.308 e. The molecule has 1 nitrogen and oxygen atoms in total. The van der Waals surface area contributed by atoms with Crippen molar-refractivity contribution in [1.29, 1.82) is 0 Å². The van der Waals surface area contributed by atoms with Gasteiger partial charge in [-0.1, -0.05) is 45.9 Å². The lowest BCUT2D eigenvalue weighted by atomic mass is 9.91. The number of hydrogen-bond acceptors (Lipinski definition) is 1. The average Bonchev–Trinajstić information content (AvgIpc) is 2.15. The summed E-state index contributed by atoms with van der Waals surface area (Å²) in [7, 11) is 0. The summed E-state index contributed by atoms with van der Waals surface area (Å²) in [5.41, 5.74) is 1.47. The van der Waals surface area contributed by atoms with E-state index in [4.69, 9.17) is 0 Å². The fraction of sp³-hybridized carbons (Fsp3) is 0.692. The highest BCUT2D eigenvalue weighted by atomic mass is 14.9. The van der Waals surface area contributed by atoms with E-state index in [1.165, 1.54) is 18.4 Å². The minimum atomic E-state index is 0.520. The van der Waals surface area contributed by atoms with Gasteiger partial charge in [0.25, 0.3) is 0 Å². The maximum absolute atomic E-state index is 3.63. The van der Waals surface area contributed by atoms with Crippen molar-refractivity contribution < 1.29 is 0 Å². The highest BCUT2D eigenvalue weighted by Gasteiger charge is 2.17. The molecule has 80 valence electrons. The normalized spacial score (nSPS) is 18.9. The molecule has 0 radical (unpaired) electrons. The summed E-state index contributed by atoms with van der Waals surface area (Å²) >= 11 is 0. The van der Waals surface area contributed by atoms with Gasteiger partial charge in [0.1, 0.15) is 0 Å². The first-order valence-corrected chi connectivity index (χ1v) is 5.74. The van der Waals surface area contributed by atoms with Gasteiger partial charge in [0.05, 0.1) is 0 Å². The zero-order valence-corrected chi connectivity index (χ0v) is 9.88. The Balaban J connectivity index is 2.66. The summed E-state index contributed by atoms with van der Waals surface area (Å²) in [5.74, 6) is 0.659. The Hall–Kier alpha value is -0.560. The van der Waals surface area contributed by atoms with Crippen LogP contribution in [0.2, 0.25) is 0 Å². The predicted molar refractivity (Wildman–Crippen MR) is 63.4 cm³/mol. The SMILES string of the molecule is CC(C)NC(C1=CCCC=C1)C(C)C. The van der Waals surface area contributed by atoms with Crippen LogP contribution in [-0.2, 0) is 0 Å². The van der Waals surface area contributed by atoms with Crippen LogP contribution in [0, 0.1) is 5.92 Å². The zero-order chi connectivity index (χ0) is 10.6. The smallest absolute Gasteiger partial charge is 0.0342 e. The molecule has 0 fully saturated rings. The minimum Gasteiger partial charge on any atom is -0.308 e. The minimum absolute atomic E-state index is 0.520. The Labute approximate surface area is 88.3 Å². The van der Waals surface area contributed by atoms with Crippen molar-refractivity contribution in [2.75, 3.05) is 0 Å². The second-order valence-electron chi connectivity index (χ2n) is 4.73. The highest BCUT2D eigenvalue weighted by molar-refractivity contribution is 5.28. The second kappa shape index (κ2) is 5.35. The van der Waals surface area contributed by atoms with Gasteiger partial charge in [0, 0.05) is 12.1 Å². The number of hydrogen-bond donors (Lipinski definition) is 1. The van der Waals surface area contributed by atoms with Crippen LogP contribution in [0.1, 0.15) is 40.5 Å². The van der Waals surface area contributed by atoms with E-state index in [9.17, 15) is 0 Å². The van der Waals surface area contributed by atoms with E-state index in [-0.39, 0.29) is 0 Å². The van der Waals surface area contributed by atoms with Crippen LogP contribution in [0.15, 0.2) is 23.8 Å². The van der Waals surface area contributed by atoms with Gasteiger partial charge < -0.3 is 5.32 Å². The van der Waals surface area contributed by atoms with Gasteiger partial charge in [-0.3, -0.25) is 0 Å². The van der Waals surface area contributed by atoms with E-state index < -0.39 is 0 Å². The predicted octanol–water partition coefficient (Wildman–Crippen LogP) is 3.29. The van der Waals surface area contributed by atoms with Gasteiger partial charge in [-0.15, -0.1) is 0 Å². The van der Waals surface area contributed by atoms with E-state index in [0.717, 1.165) is 0 Å². The van der Waals surface area contributed by atoms with Gasteiger partial charge in [-0.05, 0) is 24.3 Å². The van der Waals surface area contributed by atoms with Gasteiger partial charge in [-0.25, -0.2) is 0 Å². The Morgan fingerprint density at radius 2 is 1.86 bits per heavy atom. The van der Waals surface area contributed by atoms with Gasteiger partial charge in [0.15, 0.2) is 0 Å². The molecule has 0 heterocycles. The van der Waals surface area contributed by atoms with Crippen LogP contribution in [0.25, 0.3) is 0 Å². The third-order valence-corrected chi connectivity index (χ3v) is 2.56. The first-order chi connectivity index (χ1) is 6.61. The van der Waals surface area contributed by atoms with E-state index in [1.807, 2.05) is 0 Å². The number of allylic oxidation sites excluding steroid dienone is 2. The maximum Gasteiger partial charge on any atom is 0.0342 e. The molecule has 1 N–H and O–H groups in total. The van der Waals surface area contributed by atoms with E-state index in [0.29, 0.717) is 18.0 Å². The first kappa shape index (κ1) is 11.5. The van der Waals surface area contributed by atoms with E-state index in [1.54, 1.807) is 0 Å². The summed E-state index contributed by atoms with van der Waals surface area (Å²) < 4.78 is 0. The average molecular weight is 193 g/mol. The molecule has 1 aliphatic rings.